The van der Waals surface area contributed by atoms with Crippen LogP contribution in [0.15, 0.2) is 4.52 Å². The van der Waals surface area contributed by atoms with Gasteiger partial charge in [-0.25, -0.2) is 0 Å². The van der Waals surface area contributed by atoms with Crippen LogP contribution >= 0.6 is 0 Å². The van der Waals surface area contributed by atoms with Crippen LogP contribution in [0.1, 0.15) is 58.7 Å². The quantitative estimate of drug-likeness (QED) is 0.711. The van der Waals surface area contributed by atoms with Crippen LogP contribution in [0.25, 0.3) is 0 Å². The summed E-state index contributed by atoms with van der Waals surface area (Å²) < 4.78 is 10.3. The first-order chi connectivity index (χ1) is 8.95. The molecule has 1 aromatic heterocycles. The number of carbonyl (C=O) groups excluding carboxylic acids is 1. The van der Waals surface area contributed by atoms with Gasteiger partial charge in [0.15, 0.2) is 5.82 Å². The molecule has 0 N–H and O–H groups in total. The number of aryl methyl sites for hydroxylation is 1. The van der Waals surface area contributed by atoms with E-state index in [-0.39, 0.29) is 11.9 Å². The predicted molar refractivity (Wildman–Crippen MR) is 71.7 cm³/mol. The number of hydrogen-bond acceptors (Lipinski definition) is 5. The van der Waals surface area contributed by atoms with Gasteiger partial charge in [-0.15, -0.1) is 0 Å². The van der Waals surface area contributed by atoms with E-state index < -0.39 is 5.92 Å². The lowest BCUT2D eigenvalue weighted by Gasteiger charge is -2.14. The van der Waals surface area contributed by atoms with Crippen LogP contribution in [-0.4, -0.2) is 22.7 Å². The monoisotopic (exact) mass is 268 g/mol. The maximum absolute atomic E-state index is 11.9. The van der Waals surface area contributed by atoms with Gasteiger partial charge in [-0.1, -0.05) is 32.9 Å². The van der Waals surface area contributed by atoms with Crippen molar-refractivity contribution >= 4 is 5.97 Å². The summed E-state index contributed by atoms with van der Waals surface area (Å²) >= 11 is 0. The normalized spacial score (nSPS) is 13.0. The highest BCUT2D eigenvalue weighted by Crippen LogP contribution is 2.24. The highest BCUT2D eigenvalue weighted by molar-refractivity contribution is 5.77. The minimum Gasteiger partial charge on any atom is -0.465 e. The average molecular weight is 268 g/mol. The van der Waals surface area contributed by atoms with Crippen molar-refractivity contribution in [2.45, 2.75) is 53.4 Å². The van der Waals surface area contributed by atoms with Crippen molar-refractivity contribution in [2.24, 2.45) is 11.8 Å². The number of ether oxygens (including phenoxy) is 1. The molecule has 1 aromatic rings. The Bertz CT molecular complexity index is 399. The molecule has 0 radical (unpaired) electrons. The zero-order valence-corrected chi connectivity index (χ0v) is 12.5. The predicted octanol–water partition coefficient (Wildman–Crippen LogP) is 2.96. The fourth-order valence-corrected chi connectivity index (χ4v) is 1.80. The van der Waals surface area contributed by atoms with Gasteiger partial charge in [0, 0.05) is 6.42 Å². The summed E-state index contributed by atoms with van der Waals surface area (Å²) in [5.74, 6) is 0.924. The summed E-state index contributed by atoms with van der Waals surface area (Å²) in [6.45, 7) is 10.3. The molecule has 1 heterocycles. The van der Waals surface area contributed by atoms with Gasteiger partial charge in [0.1, 0.15) is 5.92 Å². The van der Waals surface area contributed by atoms with Crippen LogP contribution < -0.4 is 0 Å². The van der Waals surface area contributed by atoms with E-state index in [1.54, 1.807) is 6.92 Å². The van der Waals surface area contributed by atoms with Gasteiger partial charge in [0.2, 0.25) is 5.89 Å². The maximum atomic E-state index is 11.9. The Hall–Kier alpha value is -1.39. The first-order valence-corrected chi connectivity index (χ1v) is 6.94. The van der Waals surface area contributed by atoms with Gasteiger partial charge in [0.05, 0.1) is 6.61 Å². The van der Waals surface area contributed by atoms with E-state index in [1.807, 2.05) is 13.8 Å². The SMILES string of the molecule is CCOC(=O)C(c1nc(CCC(C)C)no1)C(C)C. The lowest BCUT2D eigenvalue weighted by Crippen LogP contribution is -2.21. The Morgan fingerprint density at radius 2 is 2.00 bits per heavy atom. The average Bonchev–Trinajstić information content (AvgIpc) is 2.75. The number of aromatic nitrogens is 2. The summed E-state index contributed by atoms with van der Waals surface area (Å²) in [6.07, 6.45) is 1.78. The number of esters is 1. The van der Waals surface area contributed by atoms with Gasteiger partial charge < -0.3 is 9.26 Å². The topological polar surface area (TPSA) is 65.2 Å². The lowest BCUT2D eigenvalue weighted by molar-refractivity contribution is -0.146. The van der Waals surface area contributed by atoms with Gasteiger partial charge in [-0.3, -0.25) is 4.79 Å². The van der Waals surface area contributed by atoms with Crippen molar-refractivity contribution in [3.8, 4) is 0 Å². The Morgan fingerprint density at radius 3 is 2.53 bits per heavy atom. The third-order valence-corrected chi connectivity index (χ3v) is 2.90. The Morgan fingerprint density at radius 1 is 1.32 bits per heavy atom. The van der Waals surface area contributed by atoms with E-state index in [1.165, 1.54) is 0 Å². The van der Waals surface area contributed by atoms with Crippen molar-refractivity contribution in [1.82, 2.24) is 10.1 Å². The molecule has 19 heavy (non-hydrogen) atoms. The van der Waals surface area contributed by atoms with Crippen molar-refractivity contribution in [3.05, 3.63) is 11.7 Å². The molecule has 0 aliphatic rings. The maximum Gasteiger partial charge on any atom is 0.318 e. The standard InChI is InChI=1S/C14H24N2O3/c1-6-18-14(17)12(10(4)5)13-15-11(16-19-13)8-7-9(2)3/h9-10,12H,6-8H2,1-5H3. The summed E-state index contributed by atoms with van der Waals surface area (Å²) in [5, 5.41) is 3.94. The molecule has 1 rings (SSSR count). The molecular formula is C14H24N2O3. The highest BCUT2D eigenvalue weighted by atomic mass is 16.5. The second kappa shape index (κ2) is 7.26. The van der Waals surface area contributed by atoms with Crippen LogP contribution in [0.3, 0.4) is 0 Å². The fourth-order valence-electron chi connectivity index (χ4n) is 1.80. The molecule has 0 aliphatic carbocycles. The minimum atomic E-state index is -0.472. The van der Waals surface area contributed by atoms with E-state index in [0.29, 0.717) is 24.2 Å². The first-order valence-electron chi connectivity index (χ1n) is 6.94. The van der Waals surface area contributed by atoms with Gasteiger partial charge in [-0.2, -0.15) is 4.98 Å². The Balaban J connectivity index is 2.77. The van der Waals surface area contributed by atoms with Crippen molar-refractivity contribution in [1.29, 1.82) is 0 Å². The van der Waals surface area contributed by atoms with E-state index in [2.05, 4.69) is 24.0 Å². The lowest BCUT2D eigenvalue weighted by atomic mass is 9.96. The third kappa shape index (κ3) is 4.65. The second-order valence-electron chi connectivity index (χ2n) is 5.46. The third-order valence-electron chi connectivity index (χ3n) is 2.90. The number of rotatable bonds is 7. The molecule has 0 saturated carbocycles. The molecule has 0 aliphatic heterocycles. The molecular weight excluding hydrogens is 244 g/mol. The minimum absolute atomic E-state index is 0.0671. The summed E-state index contributed by atoms with van der Waals surface area (Å²) in [4.78, 5) is 16.2. The van der Waals surface area contributed by atoms with E-state index in [4.69, 9.17) is 9.26 Å². The molecule has 5 nitrogen and oxygen atoms in total. The van der Waals surface area contributed by atoms with Crippen LogP contribution in [-0.2, 0) is 16.0 Å². The van der Waals surface area contributed by atoms with Crippen molar-refractivity contribution in [3.63, 3.8) is 0 Å². The van der Waals surface area contributed by atoms with E-state index in [9.17, 15) is 4.79 Å². The first kappa shape index (κ1) is 15.7. The zero-order valence-electron chi connectivity index (χ0n) is 12.5. The van der Waals surface area contributed by atoms with Crippen LogP contribution in [0, 0.1) is 11.8 Å². The molecule has 108 valence electrons. The molecule has 0 bridgehead atoms. The molecule has 1 unspecified atom stereocenters. The Kier molecular flexibility index (Phi) is 5.99. The number of nitrogens with zero attached hydrogens (tertiary/aromatic N) is 2. The summed E-state index contributed by atoms with van der Waals surface area (Å²) in [5.41, 5.74) is 0. The van der Waals surface area contributed by atoms with Gasteiger partial charge in [0.25, 0.3) is 0 Å². The van der Waals surface area contributed by atoms with Crippen molar-refractivity contribution in [2.75, 3.05) is 6.61 Å². The van der Waals surface area contributed by atoms with Gasteiger partial charge >= 0.3 is 5.97 Å². The summed E-state index contributed by atoms with van der Waals surface area (Å²) in [7, 11) is 0. The van der Waals surface area contributed by atoms with Crippen LogP contribution in [0.4, 0.5) is 0 Å². The number of hydrogen-bond donors (Lipinski definition) is 0. The van der Waals surface area contributed by atoms with Crippen LogP contribution in [0.2, 0.25) is 0 Å². The van der Waals surface area contributed by atoms with E-state index >= 15 is 0 Å². The molecule has 1 atom stereocenters. The number of carbonyl (C=O) groups is 1. The molecule has 0 fully saturated rings. The van der Waals surface area contributed by atoms with Crippen LogP contribution in [0.5, 0.6) is 0 Å². The molecule has 0 aromatic carbocycles. The van der Waals surface area contributed by atoms with E-state index in [0.717, 1.165) is 12.8 Å². The Labute approximate surface area is 114 Å². The second-order valence-corrected chi connectivity index (χ2v) is 5.46. The van der Waals surface area contributed by atoms with Crippen molar-refractivity contribution < 1.29 is 14.1 Å². The summed E-state index contributed by atoms with van der Waals surface area (Å²) in [6, 6.07) is 0. The molecule has 0 spiro atoms. The molecule has 0 amide bonds. The smallest absolute Gasteiger partial charge is 0.318 e. The fraction of sp³-hybridized carbons (Fsp3) is 0.786. The van der Waals surface area contributed by atoms with Gasteiger partial charge in [-0.05, 0) is 25.2 Å². The molecule has 5 heteroatoms. The largest absolute Gasteiger partial charge is 0.465 e. The molecule has 0 saturated heterocycles. The zero-order chi connectivity index (χ0) is 14.4. The highest BCUT2D eigenvalue weighted by Gasteiger charge is 2.31.